The van der Waals surface area contributed by atoms with Gasteiger partial charge in [-0.3, -0.25) is 0 Å². The maximum atomic E-state index is 14.3. The Balaban J connectivity index is 2.50. The molecular weight excluding hydrogens is 377 g/mol. The van der Waals surface area contributed by atoms with E-state index in [9.17, 15) is 4.39 Å². The van der Waals surface area contributed by atoms with Crippen LogP contribution in [0.3, 0.4) is 0 Å². The van der Waals surface area contributed by atoms with E-state index in [1.807, 2.05) is 6.07 Å². The average Bonchev–Trinajstić information content (AvgIpc) is 2.80. The lowest BCUT2D eigenvalue weighted by atomic mass is 10.0. The highest BCUT2D eigenvalue weighted by Crippen LogP contribution is 2.40. The lowest BCUT2D eigenvalue weighted by Gasteiger charge is -2.20. The minimum Gasteiger partial charge on any atom is -0.496 e. The molecule has 2 aromatic rings. The Morgan fingerprint density at radius 3 is 2.81 bits per heavy atom. The normalized spacial score (nSPS) is 12.4. The van der Waals surface area contributed by atoms with Crippen molar-refractivity contribution in [2.75, 3.05) is 13.7 Å². The molecule has 0 aliphatic heterocycles. The molecule has 0 radical (unpaired) electrons. The molecule has 6 heteroatoms. The number of hydrogen-bond acceptors (Lipinski definition) is 3. The topological polar surface area (TPSA) is 21.3 Å². The lowest BCUT2D eigenvalue weighted by Crippen LogP contribution is -2.24. The van der Waals surface area contributed by atoms with Gasteiger partial charge in [-0.05, 0) is 47.1 Å². The summed E-state index contributed by atoms with van der Waals surface area (Å²) < 4.78 is 21.2. The third-order valence-corrected chi connectivity index (χ3v) is 5.61. The Kier molecular flexibility index (Phi) is 6.05. The van der Waals surface area contributed by atoms with Gasteiger partial charge in [0.15, 0.2) is 0 Å². The molecule has 0 saturated heterocycles. The number of rotatable bonds is 6. The fraction of sp³-hybridized carbons (Fsp3) is 0.333. The van der Waals surface area contributed by atoms with Crippen LogP contribution in [0.4, 0.5) is 4.39 Å². The SMILES string of the molecule is CCCNC(c1cc(Br)c(Cl)s1)c1c(F)cccc1OC. The van der Waals surface area contributed by atoms with Crippen LogP contribution < -0.4 is 10.1 Å². The van der Waals surface area contributed by atoms with Gasteiger partial charge in [-0.15, -0.1) is 11.3 Å². The first-order valence-electron chi connectivity index (χ1n) is 6.59. The highest BCUT2D eigenvalue weighted by Gasteiger charge is 2.24. The highest BCUT2D eigenvalue weighted by atomic mass is 79.9. The molecule has 1 atom stereocenters. The lowest BCUT2D eigenvalue weighted by molar-refractivity contribution is 0.397. The first-order valence-corrected chi connectivity index (χ1v) is 8.57. The number of benzene rings is 1. The number of ether oxygens (including phenoxy) is 1. The van der Waals surface area contributed by atoms with E-state index < -0.39 is 0 Å². The van der Waals surface area contributed by atoms with Crippen molar-refractivity contribution >= 4 is 38.9 Å². The maximum absolute atomic E-state index is 14.3. The molecule has 1 N–H and O–H groups in total. The molecular formula is C15H16BrClFNOS. The van der Waals surface area contributed by atoms with Crippen LogP contribution in [-0.2, 0) is 0 Å². The standard InChI is InChI=1S/C15H16BrClFNOS/c1-3-7-19-14(12-8-9(16)15(17)21-12)13-10(18)5-4-6-11(13)20-2/h4-6,8,14,19H,3,7H2,1-2H3. The highest BCUT2D eigenvalue weighted by molar-refractivity contribution is 9.10. The molecule has 0 bridgehead atoms. The Labute approximate surface area is 141 Å². The van der Waals surface area contributed by atoms with Gasteiger partial charge in [-0.1, -0.05) is 24.6 Å². The van der Waals surface area contributed by atoms with Crippen molar-refractivity contribution in [3.63, 3.8) is 0 Å². The van der Waals surface area contributed by atoms with E-state index in [1.54, 1.807) is 19.2 Å². The molecule has 0 amide bonds. The van der Waals surface area contributed by atoms with E-state index in [2.05, 4.69) is 28.2 Å². The summed E-state index contributed by atoms with van der Waals surface area (Å²) in [5.41, 5.74) is 0.513. The summed E-state index contributed by atoms with van der Waals surface area (Å²) in [6.45, 7) is 2.84. The number of hydrogen-bond donors (Lipinski definition) is 1. The van der Waals surface area contributed by atoms with Crippen LogP contribution in [0.15, 0.2) is 28.7 Å². The molecule has 1 unspecified atom stereocenters. The minimum absolute atomic E-state index is 0.283. The van der Waals surface area contributed by atoms with E-state index in [0.29, 0.717) is 15.6 Å². The smallest absolute Gasteiger partial charge is 0.132 e. The van der Waals surface area contributed by atoms with Crippen LogP contribution in [0.1, 0.15) is 29.8 Å². The monoisotopic (exact) mass is 391 g/mol. The summed E-state index contributed by atoms with van der Waals surface area (Å²) in [6.07, 6.45) is 0.952. The van der Waals surface area contributed by atoms with Crippen molar-refractivity contribution in [1.29, 1.82) is 0 Å². The zero-order valence-electron chi connectivity index (χ0n) is 11.8. The van der Waals surface area contributed by atoms with E-state index in [0.717, 1.165) is 22.3 Å². The molecule has 2 rings (SSSR count). The molecule has 0 saturated carbocycles. The van der Waals surface area contributed by atoms with Crippen LogP contribution >= 0.6 is 38.9 Å². The molecule has 1 heterocycles. The van der Waals surface area contributed by atoms with E-state index in [-0.39, 0.29) is 11.9 Å². The Hall–Kier alpha value is -0.620. The molecule has 0 fully saturated rings. The van der Waals surface area contributed by atoms with Gasteiger partial charge in [-0.25, -0.2) is 4.39 Å². The van der Waals surface area contributed by atoms with Gasteiger partial charge >= 0.3 is 0 Å². The molecule has 0 spiro atoms. The molecule has 1 aromatic carbocycles. The van der Waals surface area contributed by atoms with Crippen molar-refractivity contribution < 1.29 is 9.13 Å². The number of thiophene rings is 1. The van der Waals surface area contributed by atoms with Crippen LogP contribution in [0, 0.1) is 5.82 Å². The van der Waals surface area contributed by atoms with Crippen molar-refractivity contribution in [1.82, 2.24) is 5.32 Å². The van der Waals surface area contributed by atoms with E-state index in [4.69, 9.17) is 16.3 Å². The Morgan fingerprint density at radius 2 is 2.24 bits per heavy atom. The summed E-state index contributed by atoms with van der Waals surface area (Å²) in [4.78, 5) is 0.948. The number of halogens is 3. The second kappa shape index (κ2) is 7.58. The van der Waals surface area contributed by atoms with E-state index in [1.165, 1.54) is 17.4 Å². The minimum atomic E-state index is -0.288. The largest absolute Gasteiger partial charge is 0.496 e. The van der Waals surface area contributed by atoms with Crippen LogP contribution in [0.25, 0.3) is 0 Å². The number of nitrogens with one attached hydrogen (secondary N) is 1. The zero-order valence-corrected chi connectivity index (χ0v) is 14.9. The van der Waals surface area contributed by atoms with Gasteiger partial charge in [0, 0.05) is 9.35 Å². The van der Waals surface area contributed by atoms with Crippen molar-refractivity contribution in [2.45, 2.75) is 19.4 Å². The molecule has 21 heavy (non-hydrogen) atoms. The predicted octanol–water partition coefficient (Wildman–Crippen LogP) is 5.40. The first kappa shape index (κ1) is 16.7. The van der Waals surface area contributed by atoms with E-state index >= 15 is 0 Å². The third kappa shape index (κ3) is 3.77. The Bertz CT molecular complexity index is 600. The van der Waals surface area contributed by atoms with Crippen molar-refractivity contribution in [3.8, 4) is 5.75 Å². The van der Waals surface area contributed by atoms with Crippen LogP contribution in [-0.4, -0.2) is 13.7 Å². The first-order chi connectivity index (χ1) is 10.1. The van der Waals surface area contributed by atoms with Gasteiger partial charge in [0.1, 0.15) is 15.9 Å². The zero-order chi connectivity index (χ0) is 15.4. The van der Waals surface area contributed by atoms with Crippen molar-refractivity contribution in [3.05, 3.63) is 49.3 Å². The Morgan fingerprint density at radius 1 is 1.48 bits per heavy atom. The summed E-state index contributed by atoms with van der Waals surface area (Å²) in [5, 5.41) is 3.37. The molecule has 0 aliphatic rings. The molecule has 2 nitrogen and oxygen atoms in total. The van der Waals surface area contributed by atoms with Gasteiger partial charge in [0.25, 0.3) is 0 Å². The quantitative estimate of drug-likeness (QED) is 0.710. The third-order valence-electron chi connectivity index (χ3n) is 3.07. The summed E-state index contributed by atoms with van der Waals surface area (Å²) in [5.74, 6) is 0.243. The molecule has 114 valence electrons. The second-order valence-corrected chi connectivity index (χ2v) is 7.05. The second-order valence-electron chi connectivity index (χ2n) is 4.51. The van der Waals surface area contributed by atoms with Crippen molar-refractivity contribution in [2.24, 2.45) is 0 Å². The summed E-state index contributed by atoms with van der Waals surface area (Å²) >= 11 is 11.0. The molecule has 0 aliphatic carbocycles. The molecule has 1 aromatic heterocycles. The average molecular weight is 393 g/mol. The number of methoxy groups -OCH3 is 1. The van der Waals surface area contributed by atoms with Crippen LogP contribution in [0.5, 0.6) is 5.75 Å². The fourth-order valence-corrected chi connectivity index (χ4v) is 3.94. The maximum Gasteiger partial charge on any atom is 0.132 e. The van der Waals surface area contributed by atoms with Crippen LogP contribution in [0.2, 0.25) is 4.34 Å². The van der Waals surface area contributed by atoms with Gasteiger partial charge in [0.2, 0.25) is 0 Å². The summed E-state index contributed by atoms with van der Waals surface area (Å²) in [6, 6.07) is 6.50. The van der Waals surface area contributed by atoms with Gasteiger partial charge < -0.3 is 10.1 Å². The summed E-state index contributed by atoms with van der Waals surface area (Å²) in [7, 11) is 1.55. The van der Waals surface area contributed by atoms with Gasteiger partial charge in [-0.2, -0.15) is 0 Å². The fourth-order valence-electron chi connectivity index (χ4n) is 2.11. The van der Waals surface area contributed by atoms with Gasteiger partial charge in [0.05, 0.1) is 18.7 Å². The predicted molar refractivity (Wildman–Crippen MR) is 90.1 cm³/mol.